The van der Waals surface area contributed by atoms with Crippen LogP contribution in [-0.2, 0) is 21.4 Å². The minimum absolute atomic E-state index is 0.0198. The Labute approximate surface area is 192 Å². The van der Waals surface area contributed by atoms with Gasteiger partial charge in [0.2, 0.25) is 0 Å². The average Bonchev–Trinajstić information content (AvgIpc) is 2.76. The van der Waals surface area contributed by atoms with Crippen molar-refractivity contribution < 1.29 is 18.0 Å². The maximum Gasteiger partial charge on any atom is 0.266 e. The largest absolute Gasteiger partial charge is 0.349 e. The van der Waals surface area contributed by atoms with Gasteiger partial charge in [0, 0.05) is 43.3 Å². The first-order valence-electron chi connectivity index (χ1n) is 9.81. The van der Waals surface area contributed by atoms with E-state index in [0.717, 1.165) is 37.5 Å². The lowest BCUT2D eigenvalue weighted by Crippen LogP contribution is -2.44. The van der Waals surface area contributed by atoms with Crippen LogP contribution >= 0.6 is 23.2 Å². The first-order chi connectivity index (χ1) is 14.7. The quantitative estimate of drug-likeness (QED) is 0.606. The molecule has 1 aliphatic heterocycles. The second-order valence-corrected chi connectivity index (χ2v) is 10.1. The number of nitrogens with zero attached hydrogens (tertiary/aromatic N) is 2. The van der Waals surface area contributed by atoms with Crippen LogP contribution in [0.1, 0.15) is 28.8 Å². The Hall–Kier alpha value is -1.68. The second-order valence-electron chi connectivity index (χ2n) is 7.39. The van der Waals surface area contributed by atoms with Gasteiger partial charge in [-0.05, 0) is 48.7 Å². The lowest BCUT2D eigenvalue weighted by atomic mass is 10.0. The van der Waals surface area contributed by atoms with Gasteiger partial charge in [0.1, 0.15) is 4.90 Å². The van der Waals surface area contributed by atoms with Crippen LogP contribution in [-0.4, -0.2) is 57.0 Å². The molecule has 168 valence electrons. The predicted octanol–water partition coefficient (Wildman–Crippen LogP) is 3.57. The zero-order valence-corrected chi connectivity index (χ0v) is 19.7. The molecule has 3 rings (SSSR count). The van der Waals surface area contributed by atoms with Crippen molar-refractivity contribution in [3.8, 4) is 0 Å². The molecule has 7 nitrogen and oxygen atoms in total. The SMILES string of the molecule is CON(C)S(=O)(=O)c1cc(C(=O)NC2CCN(Cc3ccc(Cl)cc3)CC2)ccc1Cl. The molecule has 1 saturated heterocycles. The van der Waals surface area contributed by atoms with Crippen molar-refractivity contribution >= 4 is 39.1 Å². The number of hydroxylamine groups is 1. The zero-order chi connectivity index (χ0) is 22.6. The molecular formula is C21H25Cl2N3O4S. The van der Waals surface area contributed by atoms with Crippen molar-refractivity contribution in [1.29, 1.82) is 0 Å². The van der Waals surface area contributed by atoms with Gasteiger partial charge in [0.25, 0.3) is 15.9 Å². The highest BCUT2D eigenvalue weighted by Crippen LogP contribution is 2.25. The monoisotopic (exact) mass is 485 g/mol. The minimum atomic E-state index is -3.96. The van der Waals surface area contributed by atoms with Crippen LogP contribution < -0.4 is 5.32 Å². The van der Waals surface area contributed by atoms with Crippen molar-refractivity contribution in [2.75, 3.05) is 27.2 Å². The number of halogens is 2. The van der Waals surface area contributed by atoms with E-state index in [1.807, 2.05) is 24.3 Å². The lowest BCUT2D eigenvalue weighted by Gasteiger charge is -2.32. The van der Waals surface area contributed by atoms with Crippen LogP contribution in [0.15, 0.2) is 47.4 Å². The second kappa shape index (κ2) is 10.3. The van der Waals surface area contributed by atoms with Crippen molar-refractivity contribution in [2.45, 2.75) is 30.3 Å². The number of carbonyl (C=O) groups is 1. The van der Waals surface area contributed by atoms with Gasteiger partial charge in [0.15, 0.2) is 0 Å². The van der Waals surface area contributed by atoms with Crippen LogP contribution in [0.25, 0.3) is 0 Å². The van der Waals surface area contributed by atoms with E-state index in [1.165, 1.54) is 37.9 Å². The Kier molecular flexibility index (Phi) is 7.96. The number of benzene rings is 2. The summed E-state index contributed by atoms with van der Waals surface area (Å²) in [5, 5.41) is 3.75. The summed E-state index contributed by atoms with van der Waals surface area (Å²) in [7, 11) is -1.47. The highest BCUT2D eigenvalue weighted by atomic mass is 35.5. The Balaban J connectivity index is 1.60. The number of nitrogens with one attached hydrogen (secondary N) is 1. The minimum Gasteiger partial charge on any atom is -0.349 e. The highest BCUT2D eigenvalue weighted by Gasteiger charge is 2.26. The topological polar surface area (TPSA) is 78.9 Å². The Morgan fingerprint density at radius 3 is 2.42 bits per heavy atom. The number of hydrogen-bond donors (Lipinski definition) is 1. The number of likely N-dealkylation sites (tertiary alicyclic amines) is 1. The van der Waals surface area contributed by atoms with E-state index in [2.05, 4.69) is 10.2 Å². The van der Waals surface area contributed by atoms with Gasteiger partial charge in [-0.1, -0.05) is 39.8 Å². The fourth-order valence-corrected chi connectivity index (χ4v) is 5.03. The molecule has 2 aromatic carbocycles. The summed E-state index contributed by atoms with van der Waals surface area (Å²) in [6, 6.07) is 12.0. The first-order valence-corrected chi connectivity index (χ1v) is 12.0. The normalized spacial score (nSPS) is 15.9. The third-order valence-electron chi connectivity index (χ3n) is 5.31. The van der Waals surface area contributed by atoms with Crippen LogP contribution in [0.3, 0.4) is 0 Å². The fourth-order valence-electron chi connectivity index (χ4n) is 3.43. The van der Waals surface area contributed by atoms with Crippen LogP contribution in [0.4, 0.5) is 0 Å². The number of carbonyl (C=O) groups excluding carboxylic acids is 1. The van der Waals surface area contributed by atoms with Gasteiger partial charge >= 0.3 is 0 Å². The third kappa shape index (κ3) is 5.97. The Bertz CT molecular complexity index is 1020. The van der Waals surface area contributed by atoms with Gasteiger partial charge in [-0.25, -0.2) is 8.42 Å². The van der Waals surface area contributed by atoms with E-state index in [-0.39, 0.29) is 27.4 Å². The molecule has 0 bridgehead atoms. The van der Waals surface area contributed by atoms with Crippen LogP contribution in [0.2, 0.25) is 10.0 Å². The molecule has 0 atom stereocenters. The van der Waals surface area contributed by atoms with E-state index in [1.54, 1.807) is 0 Å². The molecule has 0 aliphatic carbocycles. The molecule has 0 unspecified atom stereocenters. The van der Waals surface area contributed by atoms with Crippen molar-refractivity contribution in [2.24, 2.45) is 0 Å². The van der Waals surface area contributed by atoms with Crippen molar-refractivity contribution in [1.82, 2.24) is 14.7 Å². The molecular weight excluding hydrogens is 461 g/mol. The van der Waals surface area contributed by atoms with Crippen molar-refractivity contribution in [3.63, 3.8) is 0 Å². The average molecular weight is 486 g/mol. The van der Waals surface area contributed by atoms with E-state index >= 15 is 0 Å². The molecule has 1 aliphatic rings. The van der Waals surface area contributed by atoms with Crippen molar-refractivity contribution in [3.05, 3.63) is 63.6 Å². The van der Waals surface area contributed by atoms with Gasteiger partial charge < -0.3 is 5.32 Å². The standard InChI is InChI=1S/C21H25Cl2N3O4S/c1-25(30-2)31(28,29)20-13-16(5-8-19(20)23)21(27)24-18-9-11-26(12-10-18)14-15-3-6-17(22)7-4-15/h3-8,13,18H,9-12,14H2,1-2H3,(H,24,27). The molecule has 2 aromatic rings. The molecule has 1 N–H and O–H groups in total. The third-order valence-corrected chi connectivity index (χ3v) is 7.72. The summed E-state index contributed by atoms with van der Waals surface area (Å²) in [5.41, 5.74) is 1.43. The summed E-state index contributed by atoms with van der Waals surface area (Å²) < 4.78 is 25.8. The van der Waals surface area contributed by atoms with Gasteiger partial charge in [-0.2, -0.15) is 0 Å². The molecule has 0 radical (unpaired) electrons. The molecule has 0 saturated carbocycles. The Morgan fingerprint density at radius 1 is 1.16 bits per heavy atom. The number of piperidine rings is 1. The molecule has 0 spiro atoms. The smallest absolute Gasteiger partial charge is 0.266 e. The van der Waals surface area contributed by atoms with E-state index in [0.29, 0.717) is 4.47 Å². The summed E-state index contributed by atoms with van der Waals surface area (Å²) in [5.74, 6) is -0.329. The maximum atomic E-state index is 12.7. The van der Waals surface area contributed by atoms with E-state index < -0.39 is 10.0 Å². The summed E-state index contributed by atoms with van der Waals surface area (Å²) in [4.78, 5) is 19.7. The molecule has 1 amide bonds. The number of rotatable bonds is 7. The molecule has 31 heavy (non-hydrogen) atoms. The van der Waals surface area contributed by atoms with Crippen LogP contribution in [0.5, 0.6) is 0 Å². The molecule has 0 aromatic heterocycles. The highest BCUT2D eigenvalue weighted by molar-refractivity contribution is 7.89. The van der Waals surface area contributed by atoms with E-state index in [9.17, 15) is 13.2 Å². The predicted molar refractivity (Wildman–Crippen MR) is 121 cm³/mol. The Morgan fingerprint density at radius 2 is 1.81 bits per heavy atom. The molecule has 10 heteroatoms. The first kappa shape index (κ1) is 24.0. The van der Waals surface area contributed by atoms with E-state index in [4.69, 9.17) is 28.0 Å². The number of amides is 1. The zero-order valence-electron chi connectivity index (χ0n) is 17.3. The molecule has 1 fully saturated rings. The molecule has 1 heterocycles. The lowest BCUT2D eigenvalue weighted by molar-refractivity contribution is -0.0258. The maximum absolute atomic E-state index is 12.7. The number of hydrogen-bond acceptors (Lipinski definition) is 5. The summed E-state index contributed by atoms with van der Waals surface area (Å²) in [6.07, 6.45) is 1.62. The summed E-state index contributed by atoms with van der Waals surface area (Å²) >= 11 is 12.0. The van der Waals surface area contributed by atoms with Gasteiger partial charge in [-0.3, -0.25) is 14.5 Å². The van der Waals surface area contributed by atoms with Gasteiger partial charge in [-0.15, -0.1) is 0 Å². The van der Waals surface area contributed by atoms with Gasteiger partial charge in [0.05, 0.1) is 12.1 Å². The van der Waals surface area contributed by atoms with Crippen LogP contribution in [0, 0.1) is 0 Å². The summed E-state index contributed by atoms with van der Waals surface area (Å²) in [6.45, 7) is 2.54. The number of sulfonamides is 1. The fraction of sp³-hybridized carbons (Fsp3) is 0.381.